The standard InChI is InChI=1S/C39H43N5O6/c1-6-44-32-13-12-30(23-33(32)42(4)37(46)39(2,3)38(44)47)49-21-7-17-40-25-26-14-18-41-28(22-26)15-19-43-20-16-34-31(36(43)45)24-35(50-34)27-8-10-29(48-5)11-9-27/h8-14,16,18,20,22-24,40H,6-7,15,17,19,21,25H2,1-5H3. The molecule has 1 aliphatic rings. The van der Waals surface area contributed by atoms with Crippen LogP contribution in [0.2, 0.25) is 0 Å². The number of pyridine rings is 2. The Morgan fingerprint density at radius 3 is 2.46 bits per heavy atom. The van der Waals surface area contributed by atoms with E-state index in [1.165, 1.54) is 0 Å². The lowest BCUT2D eigenvalue weighted by Gasteiger charge is -2.27. The fraction of sp³-hybridized carbons (Fsp3) is 0.333. The van der Waals surface area contributed by atoms with Gasteiger partial charge in [-0.05, 0) is 100.0 Å². The van der Waals surface area contributed by atoms with E-state index in [0.717, 1.165) is 35.5 Å². The molecule has 2 aromatic carbocycles. The Bertz CT molecular complexity index is 2070. The zero-order valence-corrected chi connectivity index (χ0v) is 29.2. The Hall–Kier alpha value is -5.42. The highest BCUT2D eigenvalue weighted by atomic mass is 16.5. The predicted octanol–water partition coefficient (Wildman–Crippen LogP) is 5.82. The fourth-order valence-electron chi connectivity index (χ4n) is 6.25. The van der Waals surface area contributed by atoms with Gasteiger partial charge in [-0.2, -0.15) is 0 Å². The first kappa shape index (κ1) is 34.4. The van der Waals surface area contributed by atoms with Gasteiger partial charge in [0.15, 0.2) is 0 Å². The third-order valence-corrected chi connectivity index (χ3v) is 9.15. The zero-order chi connectivity index (χ0) is 35.4. The molecule has 0 unspecified atom stereocenters. The number of methoxy groups -OCH3 is 1. The number of nitrogens with zero attached hydrogens (tertiary/aromatic N) is 4. The van der Waals surface area contributed by atoms with E-state index < -0.39 is 5.41 Å². The summed E-state index contributed by atoms with van der Waals surface area (Å²) >= 11 is 0. The van der Waals surface area contributed by atoms with E-state index in [-0.39, 0.29) is 17.4 Å². The number of carbonyl (C=O) groups excluding carboxylic acids is 2. The number of anilines is 2. The van der Waals surface area contributed by atoms with Crippen LogP contribution in [0.1, 0.15) is 38.4 Å². The number of rotatable bonds is 13. The van der Waals surface area contributed by atoms with Gasteiger partial charge in [0.1, 0.15) is 28.3 Å². The van der Waals surface area contributed by atoms with Gasteiger partial charge in [-0.1, -0.05) is 0 Å². The fourth-order valence-corrected chi connectivity index (χ4v) is 6.25. The second-order valence-electron chi connectivity index (χ2n) is 12.9. The maximum absolute atomic E-state index is 13.3. The number of nitrogens with one attached hydrogen (secondary N) is 1. The second-order valence-corrected chi connectivity index (χ2v) is 12.9. The van der Waals surface area contributed by atoms with Gasteiger partial charge < -0.3 is 33.6 Å². The van der Waals surface area contributed by atoms with Gasteiger partial charge in [0.05, 0.1) is 30.5 Å². The van der Waals surface area contributed by atoms with Crippen molar-refractivity contribution in [3.8, 4) is 22.8 Å². The van der Waals surface area contributed by atoms with E-state index >= 15 is 0 Å². The maximum atomic E-state index is 13.3. The normalized spacial score (nSPS) is 14.2. The molecule has 0 saturated heterocycles. The molecule has 0 aliphatic carbocycles. The average Bonchev–Trinajstić information content (AvgIpc) is 3.56. The Morgan fingerprint density at radius 1 is 0.920 bits per heavy atom. The van der Waals surface area contributed by atoms with E-state index in [4.69, 9.17) is 13.9 Å². The molecule has 50 heavy (non-hydrogen) atoms. The van der Waals surface area contributed by atoms with Crippen molar-refractivity contribution in [1.29, 1.82) is 0 Å². The van der Waals surface area contributed by atoms with Crippen molar-refractivity contribution >= 4 is 34.2 Å². The molecule has 1 N–H and O–H groups in total. The van der Waals surface area contributed by atoms with Crippen LogP contribution >= 0.6 is 0 Å². The number of furan rings is 1. The van der Waals surface area contributed by atoms with Gasteiger partial charge in [0.25, 0.3) is 5.56 Å². The molecular weight excluding hydrogens is 634 g/mol. The van der Waals surface area contributed by atoms with E-state index in [1.54, 1.807) is 60.8 Å². The lowest BCUT2D eigenvalue weighted by Crippen LogP contribution is -2.47. The third-order valence-electron chi connectivity index (χ3n) is 9.15. The van der Waals surface area contributed by atoms with Crippen LogP contribution < -0.4 is 30.1 Å². The Kier molecular flexibility index (Phi) is 10.1. The van der Waals surface area contributed by atoms with Crippen LogP contribution in [0.25, 0.3) is 22.3 Å². The molecule has 11 nitrogen and oxygen atoms in total. The number of ether oxygens (including phenoxy) is 2. The topological polar surface area (TPSA) is 119 Å². The Morgan fingerprint density at radius 2 is 1.70 bits per heavy atom. The monoisotopic (exact) mass is 677 g/mol. The summed E-state index contributed by atoms with van der Waals surface area (Å²) in [6.45, 7) is 8.12. The van der Waals surface area contributed by atoms with Crippen LogP contribution in [0.15, 0.2) is 88.3 Å². The molecule has 0 spiro atoms. The number of aromatic nitrogens is 2. The summed E-state index contributed by atoms with van der Waals surface area (Å²) in [5, 5.41) is 4.00. The summed E-state index contributed by atoms with van der Waals surface area (Å²) in [7, 11) is 3.32. The molecule has 11 heteroatoms. The minimum Gasteiger partial charge on any atom is -0.497 e. The van der Waals surface area contributed by atoms with Crippen LogP contribution in [0, 0.1) is 5.41 Å². The van der Waals surface area contributed by atoms with Crippen molar-refractivity contribution in [3.63, 3.8) is 0 Å². The van der Waals surface area contributed by atoms with Crippen molar-refractivity contribution in [2.75, 3.05) is 43.7 Å². The summed E-state index contributed by atoms with van der Waals surface area (Å²) in [6.07, 6.45) is 4.95. The van der Waals surface area contributed by atoms with Crippen LogP contribution in [0.4, 0.5) is 11.4 Å². The highest BCUT2D eigenvalue weighted by Gasteiger charge is 2.45. The van der Waals surface area contributed by atoms with Gasteiger partial charge in [0.2, 0.25) is 11.8 Å². The molecule has 260 valence electrons. The smallest absolute Gasteiger partial charge is 0.261 e. The predicted molar refractivity (Wildman–Crippen MR) is 194 cm³/mol. The van der Waals surface area contributed by atoms with Crippen LogP contribution in [-0.4, -0.2) is 55.2 Å². The first-order valence-electron chi connectivity index (χ1n) is 16.9. The number of carbonyl (C=O) groups is 2. The second kappa shape index (κ2) is 14.6. The minimum atomic E-state index is -1.15. The lowest BCUT2D eigenvalue weighted by atomic mass is 9.90. The molecule has 0 radical (unpaired) electrons. The number of aryl methyl sites for hydroxylation is 2. The van der Waals surface area contributed by atoms with Gasteiger partial charge in [-0.3, -0.25) is 19.4 Å². The molecule has 3 aromatic heterocycles. The number of amides is 2. The van der Waals surface area contributed by atoms with Gasteiger partial charge in [-0.25, -0.2) is 0 Å². The number of hydrogen-bond acceptors (Lipinski definition) is 8. The zero-order valence-electron chi connectivity index (χ0n) is 29.2. The highest BCUT2D eigenvalue weighted by Crippen LogP contribution is 2.40. The first-order chi connectivity index (χ1) is 24.1. The first-order valence-corrected chi connectivity index (χ1v) is 16.9. The molecule has 1 aliphatic heterocycles. The van der Waals surface area contributed by atoms with E-state index in [1.807, 2.05) is 61.5 Å². The molecular formula is C39H43N5O6. The minimum absolute atomic E-state index is 0.0978. The molecule has 0 fully saturated rings. The third kappa shape index (κ3) is 7.00. The lowest BCUT2D eigenvalue weighted by molar-refractivity contribution is -0.137. The van der Waals surface area contributed by atoms with Gasteiger partial charge >= 0.3 is 0 Å². The molecule has 4 heterocycles. The van der Waals surface area contributed by atoms with E-state index in [9.17, 15) is 14.4 Å². The number of hydrogen-bond donors (Lipinski definition) is 1. The van der Waals surface area contributed by atoms with Crippen molar-refractivity contribution in [3.05, 3.63) is 101 Å². The van der Waals surface area contributed by atoms with Gasteiger partial charge in [-0.15, -0.1) is 0 Å². The summed E-state index contributed by atoms with van der Waals surface area (Å²) in [4.78, 5) is 47.2. The van der Waals surface area contributed by atoms with Crippen molar-refractivity contribution in [2.45, 2.75) is 46.7 Å². The maximum Gasteiger partial charge on any atom is 0.261 e. The van der Waals surface area contributed by atoms with Crippen LogP contribution in [-0.2, 0) is 29.1 Å². The van der Waals surface area contributed by atoms with Crippen molar-refractivity contribution in [2.24, 2.45) is 5.41 Å². The number of benzene rings is 2. The largest absolute Gasteiger partial charge is 0.497 e. The molecule has 6 rings (SSSR count). The number of fused-ring (bicyclic) bond motifs is 2. The molecule has 0 saturated carbocycles. The van der Waals surface area contributed by atoms with Crippen LogP contribution in [0.5, 0.6) is 11.5 Å². The molecule has 2 amide bonds. The Balaban J connectivity index is 0.990. The quantitative estimate of drug-likeness (QED) is 0.122. The van der Waals surface area contributed by atoms with Crippen molar-refractivity contribution < 1.29 is 23.5 Å². The SMILES string of the molecule is CCN1C(=O)C(C)(C)C(=O)N(C)c2cc(OCCCNCc3ccnc(CCn4ccc5oc(-c6ccc(OC)cc6)cc5c4=O)c3)ccc21. The summed E-state index contributed by atoms with van der Waals surface area (Å²) < 4.78 is 18.9. The van der Waals surface area contributed by atoms with Crippen molar-refractivity contribution in [1.82, 2.24) is 14.9 Å². The molecule has 0 bridgehead atoms. The Labute approximate surface area is 291 Å². The summed E-state index contributed by atoms with van der Waals surface area (Å²) in [6, 6.07) is 20.7. The average molecular weight is 678 g/mol. The molecule has 0 atom stereocenters. The van der Waals surface area contributed by atoms with E-state index in [2.05, 4.69) is 16.4 Å². The van der Waals surface area contributed by atoms with E-state index in [0.29, 0.717) is 66.5 Å². The molecule has 5 aromatic rings. The highest BCUT2D eigenvalue weighted by molar-refractivity contribution is 6.20. The summed E-state index contributed by atoms with van der Waals surface area (Å²) in [5.41, 5.74) is 3.56. The van der Waals surface area contributed by atoms with Gasteiger partial charge in [0, 0.05) is 62.8 Å². The summed E-state index contributed by atoms with van der Waals surface area (Å²) in [5.74, 6) is 1.59. The van der Waals surface area contributed by atoms with Crippen LogP contribution in [0.3, 0.4) is 0 Å².